The molecule has 0 radical (unpaired) electrons. The maximum absolute atomic E-state index is 12.4. The third-order valence-electron chi connectivity index (χ3n) is 2.86. The Balaban J connectivity index is 4.50. The van der Waals surface area contributed by atoms with Crippen LogP contribution in [-0.4, -0.2) is 43.3 Å². The number of nitrogens with zero attached hydrogens (tertiary/aromatic N) is 1. The van der Waals surface area contributed by atoms with Gasteiger partial charge in [-0.15, -0.1) is 0 Å². The molecule has 2 unspecified atom stereocenters. The molecule has 0 saturated heterocycles. The predicted molar refractivity (Wildman–Crippen MR) is 60.5 cm³/mol. The summed E-state index contributed by atoms with van der Waals surface area (Å²) in [6.45, 7) is 5.40. The summed E-state index contributed by atoms with van der Waals surface area (Å²) in [7, 11) is 1.79. The van der Waals surface area contributed by atoms with Crippen LogP contribution < -0.4 is 5.32 Å². The number of alkyl halides is 3. The fourth-order valence-electron chi connectivity index (χ4n) is 1.99. The van der Waals surface area contributed by atoms with Crippen LogP contribution in [0.15, 0.2) is 0 Å². The van der Waals surface area contributed by atoms with Crippen LogP contribution in [0.2, 0.25) is 0 Å². The molecule has 0 rings (SSSR count). The van der Waals surface area contributed by atoms with Gasteiger partial charge in [0.15, 0.2) is 0 Å². The maximum atomic E-state index is 12.4. The first-order valence-electron chi connectivity index (χ1n) is 5.83. The lowest BCUT2D eigenvalue weighted by Gasteiger charge is -2.34. The van der Waals surface area contributed by atoms with E-state index in [1.54, 1.807) is 7.05 Å². The molecule has 0 aliphatic heterocycles. The molecule has 16 heavy (non-hydrogen) atoms. The number of halogens is 3. The molecular weight excluding hydrogens is 217 g/mol. The second-order valence-corrected chi connectivity index (χ2v) is 4.13. The second kappa shape index (κ2) is 7.12. The summed E-state index contributed by atoms with van der Waals surface area (Å²) >= 11 is 0. The maximum Gasteiger partial charge on any atom is 0.401 e. The normalized spacial score (nSPS) is 16.5. The zero-order valence-electron chi connectivity index (χ0n) is 10.6. The summed E-state index contributed by atoms with van der Waals surface area (Å²) in [6, 6.07) is 0.00507. The minimum atomic E-state index is -4.12. The fourth-order valence-corrected chi connectivity index (χ4v) is 1.99. The molecule has 0 spiro atoms. The molecule has 0 saturated carbocycles. The van der Waals surface area contributed by atoms with Crippen LogP contribution in [0.3, 0.4) is 0 Å². The lowest BCUT2D eigenvalue weighted by atomic mass is 10.1. The van der Waals surface area contributed by atoms with Gasteiger partial charge >= 0.3 is 6.18 Å². The molecule has 98 valence electrons. The molecule has 2 atom stereocenters. The topological polar surface area (TPSA) is 15.3 Å². The predicted octanol–water partition coefficient (Wildman–Crippen LogP) is 2.65. The lowest BCUT2D eigenvalue weighted by molar-refractivity contribution is -0.151. The summed E-state index contributed by atoms with van der Waals surface area (Å²) in [5.41, 5.74) is 0. The van der Waals surface area contributed by atoms with E-state index >= 15 is 0 Å². The van der Waals surface area contributed by atoms with E-state index in [0.717, 1.165) is 12.8 Å². The van der Waals surface area contributed by atoms with Crippen LogP contribution in [0.25, 0.3) is 0 Å². The van der Waals surface area contributed by atoms with E-state index in [4.69, 9.17) is 0 Å². The Bertz CT molecular complexity index is 179. The van der Waals surface area contributed by atoms with Crippen molar-refractivity contribution in [3.63, 3.8) is 0 Å². The van der Waals surface area contributed by atoms with Crippen LogP contribution in [0, 0.1) is 0 Å². The Labute approximate surface area is 96.2 Å². The molecule has 0 aliphatic carbocycles. The molecule has 0 aromatic heterocycles. The summed E-state index contributed by atoms with van der Waals surface area (Å²) in [5, 5.41) is 3.07. The molecule has 0 amide bonds. The minimum absolute atomic E-state index is 0.100. The monoisotopic (exact) mass is 240 g/mol. The van der Waals surface area contributed by atoms with Crippen LogP contribution in [-0.2, 0) is 0 Å². The van der Waals surface area contributed by atoms with Gasteiger partial charge in [-0.1, -0.05) is 13.8 Å². The van der Waals surface area contributed by atoms with Crippen LogP contribution in [0.5, 0.6) is 0 Å². The van der Waals surface area contributed by atoms with Crippen molar-refractivity contribution >= 4 is 0 Å². The zero-order chi connectivity index (χ0) is 12.8. The van der Waals surface area contributed by atoms with E-state index in [-0.39, 0.29) is 12.1 Å². The number of hydrogen-bond acceptors (Lipinski definition) is 2. The van der Waals surface area contributed by atoms with Gasteiger partial charge in [-0.3, -0.25) is 4.90 Å². The molecule has 2 nitrogen and oxygen atoms in total. The number of nitrogens with one attached hydrogen (secondary N) is 1. The van der Waals surface area contributed by atoms with Crippen molar-refractivity contribution in [2.24, 2.45) is 0 Å². The molecule has 0 aliphatic rings. The molecule has 5 heteroatoms. The van der Waals surface area contributed by atoms with Gasteiger partial charge in [-0.2, -0.15) is 13.2 Å². The van der Waals surface area contributed by atoms with Crippen molar-refractivity contribution in [3.8, 4) is 0 Å². The van der Waals surface area contributed by atoms with E-state index in [1.807, 2.05) is 20.8 Å². The minimum Gasteiger partial charge on any atom is -0.315 e. The van der Waals surface area contributed by atoms with Crippen molar-refractivity contribution in [1.29, 1.82) is 0 Å². The fraction of sp³-hybridized carbons (Fsp3) is 1.00. The van der Waals surface area contributed by atoms with E-state index < -0.39 is 12.7 Å². The highest BCUT2D eigenvalue weighted by atomic mass is 19.4. The molecule has 0 heterocycles. The zero-order valence-corrected chi connectivity index (χ0v) is 10.6. The average molecular weight is 240 g/mol. The second-order valence-electron chi connectivity index (χ2n) is 4.13. The van der Waals surface area contributed by atoms with E-state index in [0.29, 0.717) is 6.54 Å². The van der Waals surface area contributed by atoms with Gasteiger partial charge in [-0.25, -0.2) is 0 Å². The van der Waals surface area contributed by atoms with Crippen molar-refractivity contribution in [1.82, 2.24) is 10.2 Å². The van der Waals surface area contributed by atoms with Gasteiger partial charge < -0.3 is 5.32 Å². The quantitative estimate of drug-likeness (QED) is 0.736. The van der Waals surface area contributed by atoms with Gasteiger partial charge in [0.05, 0.1) is 6.54 Å². The first-order chi connectivity index (χ1) is 7.35. The number of rotatable bonds is 7. The molecule has 0 aromatic carbocycles. The van der Waals surface area contributed by atoms with Gasteiger partial charge in [0.2, 0.25) is 0 Å². The van der Waals surface area contributed by atoms with E-state index in [1.165, 1.54) is 4.90 Å². The Kier molecular flexibility index (Phi) is 6.99. The number of likely N-dealkylation sites (N-methyl/N-ethyl adjacent to an activating group) is 1. The lowest BCUT2D eigenvalue weighted by Crippen LogP contribution is -2.50. The summed E-state index contributed by atoms with van der Waals surface area (Å²) in [5.74, 6) is 0. The third-order valence-corrected chi connectivity index (χ3v) is 2.86. The summed E-state index contributed by atoms with van der Waals surface area (Å²) < 4.78 is 37.2. The molecule has 0 fully saturated rings. The first-order valence-corrected chi connectivity index (χ1v) is 5.83. The highest BCUT2D eigenvalue weighted by Crippen LogP contribution is 2.19. The van der Waals surface area contributed by atoms with E-state index in [2.05, 4.69) is 5.32 Å². The third kappa shape index (κ3) is 5.70. The largest absolute Gasteiger partial charge is 0.401 e. The van der Waals surface area contributed by atoms with Crippen LogP contribution >= 0.6 is 0 Å². The first kappa shape index (κ1) is 15.7. The van der Waals surface area contributed by atoms with Crippen LogP contribution in [0.1, 0.15) is 33.6 Å². The summed E-state index contributed by atoms with van der Waals surface area (Å²) in [4.78, 5) is 1.50. The Morgan fingerprint density at radius 3 is 2.12 bits per heavy atom. The average Bonchev–Trinajstić information content (AvgIpc) is 2.17. The molecule has 1 N–H and O–H groups in total. The highest BCUT2D eigenvalue weighted by Gasteiger charge is 2.33. The van der Waals surface area contributed by atoms with Crippen molar-refractivity contribution < 1.29 is 13.2 Å². The SMILES string of the molecule is CCCN(CC(F)(F)F)C(C)C(CC)NC. The molecule has 0 bridgehead atoms. The smallest absolute Gasteiger partial charge is 0.315 e. The Morgan fingerprint density at radius 2 is 1.81 bits per heavy atom. The van der Waals surface area contributed by atoms with Crippen molar-refractivity contribution in [3.05, 3.63) is 0 Å². The summed E-state index contributed by atoms with van der Waals surface area (Å²) in [6.07, 6.45) is -2.55. The van der Waals surface area contributed by atoms with Gasteiger partial charge in [0, 0.05) is 12.1 Å². The Morgan fingerprint density at radius 1 is 1.25 bits per heavy atom. The van der Waals surface area contributed by atoms with Crippen molar-refractivity contribution in [2.75, 3.05) is 20.1 Å². The van der Waals surface area contributed by atoms with Gasteiger partial charge in [0.25, 0.3) is 0 Å². The van der Waals surface area contributed by atoms with Gasteiger partial charge in [-0.05, 0) is 33.4 Å². The standard InChI is InChI=1S/C11H23F3N2/c1-5-7-16(8-11(12,13)14)9(3)10(6-2)15-4/h9-10,15H,5-8H2,1-4H3. The highest BCUT2D eigenvalue weighted by molar-refractivity contribution is 4.80. The van der Waals surface area contributed by atoms with Crippen LogP contribution in [0.4, 0.5) is 13.2 Å². The van der Waals surface area contributed by atoms with Gasteiger partial charge in [0.1, 0.15) is 0 Å². The van der Waals surface area contributed by atoms with Crippen molar-refractivity contribution in [2.45, 2.75) is 51.9 Å². The van der Waals surface area contributed by atoms with E-state index in [9.17, 15) is 13.2 Å². The molecular formula is C11H23F3N2. The Hall–Kier alpha value is -0.290. The molecule has 0 aromatic rings. The number of hydrogen-bond donors (Lipinski definition) is 1.